The van der Waals surface area contributed by atoms with Gasteiger partial charge in [-0.1, -0.05) is 36.4 Å². The van der Waals surface area contributed by atoms with E-state index in [2.05, 4.69) is 42.3 Å². The number of rotatable bonds is 8. The number of anilines is 2. The number of fused-ring (bicyclic) bond motifs is 2. The molecule has 0 radical (unpaired) electrons. The van der Waals surface area contributed by atoms with E-state index in [1.807, 2.05) is 49.4 Å². The Balaban J connectivity index is 1.48. The Labute approximate surface area is 187 Å². The zero-order valence-electron chi connectivity index (χ0n) is 18.5. The van der Waals surface area contributed by atoms with Crippen molar-refractivity contribution in [1.29, 1.82) is 0 Å². The van der Waals surface area contributed by atoms with Gasteiger partial charge in [0.2, 0.25) is 0 Å². The van der Waals surface area contributed by atoms with Gasteiger partial charge < -0.3 is 15.0 Å². The Morgan fingerprint density at radius 3 is 2.58 bits per heavy atom. The summed E-state index contributed by atoms with van der Waals surface area (Å²) in [5, 5.41) is 3.56. The van der Waals surface area contributed by atoms with Crippen LogP contribution in [0.25, 0.3) is 0 Å². The summed E-state index contributed by atoms with van der Waals surface area (Å²) in [5.41, 5.74) is 5.78. The second kappa shape index (κ2) is 9.67. The molecule has 1 aliphatic heterocycles. The van der Waals surface area contributed by atoms with Crippen molar-refractivity contribution >= 4 is 22.2 Å². The van der Waals surface area contributed by atoms with E-state index in [1.54, 1.807) is 0 Å². The lowest BCUT2D eigenvalue weighted by Crippen LogP contribution is -2.28. The molecule has 0 aliphatic carbocycles. The number of benzene rings is 3. The zero-order valence-corrected chi connectivity index (χ0v) is 19.3. The first kappa shape index (κ1) is 21.6. The number of ether oxygens (including phenoxy) is 1. The molecular weight excluding hydrogens is 404 g/mol. The third-order valence-electron chi connectivity index (χ3n) is 5.81. The molecule has 4 nitrogen and oxygen atoms in total. The highest BCUT2D eigenvalue weighted by molar-refractivity contribution is 7.85. The molecule has 5 heteroatoms. The molecule has 1 unspecified atom stereocenters. The summed E-state index contributed by atoms with van der Waals surface area (Å²) in [7, 11) is -1.14. The largest absolute Gasteiger partial charge is 0.494 e. The average Bonchev–Trinajstić information content (AvgIpc) is 2.79. The van der Waals surface area contributed by atoms with E-state index in [9.17, 15) is 4.21 Å². The van der Waals surface area contributed by atoms with Crippen molar-refractivity contribution in [2.75, 3.05) is 24.6 Å². The van der Waals surface area contributed by atoms with Crippen LogP contribution in [0.2, 0.25) is 0 Å². The highest BCUT2D eigenvalue weighted by atomic mass is 32.2. The summed E-state index contributed by atoms with van der Waals surface area (Å²) >= 11 is 0. The van der Waals surface area contributed by atoms with Crippen LogP contribution in [-0.2, 0) is 17.3 Å². The minimum Gasteiger partial charge on any atom is -0.494 e. The predicted molar refractivity (Wildman–Crippen MR) is 128 cm³/mol. The van der Waals surface area contributed by atoms with Crippen LogP contribution in [-0.4, -0.2) is 23.9 Å². The maximum Gasteiger partial charge on any atom is 0.123 e. The maximum absolute atomic E-state index is 13.2. The molecule has 31 heavy (non-hydrogen) atoms. The third-order valence-corrected chi connectivity index (χ3v) is 7.29. The molecule has 4 rings (SSSR count). The minimum absolute atomic E-state index is 0.672. The van der Waals surface area contributed by atoms with Crippen LogP contribution in [0.1, 0.15) is 30.0 Å². The fourth-order valence-corrected chi connectivity index (χ4v) is 5.54. The second-order valence-corrected chi connectivity index (χ2v) is 9.23. The lowest BCUT2D eigenvalue weighted by molar-refractivity contribution is 0.335. The van der Waals surface area contributed by atoms with Crippen LogP contribution in [0.15, 0.2) is 70.5 Å². The minimum atomic E-state index is -1.14. The summed E-state index contributed by atoms with van der Waals surface area (Å²) in [4.78, 5) is 4.17. The summed E-state index contributed by atoms with van der Waals surface area (Å²) in [6.07, 6.45) is 0.977. The quantitative estimate of drug-likeness (QED) is 0.475. The normalized spacial score (nSPS) is 14.8. The number of para-hydroxylation sites is 2. The lowest BCUT2D eigenvalue weighted by atomic mass is 10.1. The lowest BCUT2D eigenvalue weighted by Gasteiger charge is -2.34. The molecule has 0 bridgehead atoms. The summed E-state index contributed by atoms with van der Waals surface area (Å²) in [6, 6.07) is 20.4. The van der Waals surface area contributed by atoms with Gasteiger partial charge in [-0.05, 0) is 69.1 Å². The van der Waals surface area contributed by atoms with Crippen molar-refractivity contribution < 1.29 is 8.95 Å². The first-order chi connectivity index (χ1) is 15.1. The molecule has 0 amide bonds. The smallest absolute Gasteiger partial charge is 0.123 e. The van der Waals surface area contributed by atoms with Crippen molar-refractivity contribution in [2.24, 2.45) is 0 Å². The van der Waals surface area contributed by atoms with Crippen LogP contribution < -0.4 is 15.0 Å². The van der Waals surface area contributed by atoms with Gasteiger partial charge in [0.1, 0.15) is 5.75 Å². The van der Waals surface area contributed by atoms with E-state index in [-0.39, 0.29) is 0 Å². The highest BCUT2D eigenvalue weighted by Gasteiger charge is 2.29. The van der Waals surface area contributed by atoms with Gasteiger partial charge in [0.05, 0.1) is 38.6 Å². The summed E-state index contributed by atoms with van der Waals surface area (Å²) in [6.45, 7) is 9.48. The molecular formula is C26H30N2O2S. The van der Waals surface area contributed by atoms with E-state index in [1.165, 1.54) is 16.7 Å². The Morgan fingerprint density at radius 1 is 0.968 bits per heavy atom. The zero-order chi connectivity index (χ0) is 21.8. The highest BCUT2D eigenvalue weighted by Crippen LogP contribution is 2.44. The molecule has 0 saturated carbocycles. The van der Waals surface area contributed by atoms with Crippen molar-refractivity contribution in [3.05, 3.63) is 77.4 Å². The number of nitrogens with zero attached hydrogens (tertiary/aromatic N) is 1. The molecule has 162 valence electrons. The number of hydrogen-bond donors (Lipinski definition) is 1. The first-order valence-corrected chi connectivity index (χ1v) is 12.1. The molecule has 1 heterocycles. The standard InChI is InChI=1S/C26H30N2O2S/c1-4-30-23-12-7-5-10-21(23)18-27-16-9-17-28-22-11-6-8-13-24(22)31(29)25-15-14-19(2)20(3)26(25)28/h5-8,10-15,27H,4,9,16-18H2,1-3H3. The van der Waals surface area contributed by atoms with E-state index >= 15 is 0 Å². The Bertz CT molecular complexity index is 1100. The van der Waals surface area contributed by atoms with Crippen molar-refractivity contribution in [2.45, 2.75) is 43.5 Å². The number of aryl methyl sites for hydroxylation is 1. The van der Waals surface area contributed by atoms with Crippen molar-refractivity contribution in [3.63, 3.8) is 0 Å². The Hall–Kier alpha value is -2.63. The number of nitrogens with one attached hydrogen (secondary N) is 1. The van der Waals surface area contributed by atoms with Gasteiger partial charge >= 0.3 is 0 Å². The maximum atomic E-state index is 13.2. The Kier molecular flexibility index (Phi) is 6.73. The van der Waals surface area contributed by atoms with Crippen LogP contribution >= 0.6 is 0 Å². The van der Waals surface area contributed by atoms with Crippen LogP contribution in [0.3, 0.4) is 0 Å². The van der Waals surface area contributed by atoms with E-state index in [4.69, 9.17) is 4.74 Å². The van der Waals surface area contributed by atoms with Gasteiger partial charge in [-0.15, -0.1) is 0 Å². The first-order valence-electron chi connectivity index (χ1n) is 10.9. The number of hydrogen-bond acceptors (Lipinski definition) is 4. The third kappa shape index (κ3) is 4.39. The fraction of sp³-hybridized carbons (Fsp3) is 0.308. The molecule has 0 fully saturated rings. The van der Waals surface area contributed by atoms with E-state index < -0.39 is 10.8 Å². The molecule has 1 N–H and O–H groups in total. The molecule has 1 aliphatic rings. The van der Waals surface area contributed by atoms with E-state index in [0.717, 1.165) is 53.0 Å². The molecule has 0 spiro atoms. The molecule has 0 aromatic heterocycles. The molecule has 3 aromatic rings. The van der Waals surface area contributed by atoms with Crippen LogP contribution in [0, 0.1) is 13.8 Å². The van der Waals surface area contributed by atoms with Crippen molar-refractivity contribution in [3.8, 4) is 5.75 Å². The van der Waals surface area contributed by atoms with Crippen molar-refractivity contribution in [1.82, 2.24) is 5.32 Å². The topological polar surface area (TPSA) is 41.6 Å². The van der Waals surface area contributed by atoms with Gasteiger partial charge in [0.25, 0.3) is 0 Å². The predicted octanol–water partition coefficient (Wildman–Crippen LogP) is 5.50. The van der Waals surface area contributed by atoms with Crippen LogP contribution in [0.4, 0.5) is 11.4 Å². The van der Waals surface area contributed by atoms with Gasteiger partial charge in [0, 0.05) is 18.7 Å². The average molecular weight is 435 g/mol. The SMILES string of the molecule is CCOc1ccccc1CNCCCN1c2ccccc2S(=O)c2ccc(C)c(C)c21. The summed E-state index contributed by atoms with van der Waals surface area (Å²) < 4.78 is 18.9. The van der Waals surface area contributed by atoms with Crippen LogP contribution in [0.5, 0.6) is 5.75 Å². The summed E-state index contributed by atoms with van der Waals surface area (Å²) in [5.74, 6) is 0.949. The Morgan fingerprint density at radius 2 is 1.74 bits per heavy atom. The molecule has 3 aromatic carbocycles. The second-order valence-electron chi connectivity index (χ2n) is 7.81. The monoisotopic (exact) mass is 434 g/mol. The van der Waals surface area contributed by atoms with Gasteiger partial charge in [-0.25, -0.2) is 4.21 Å². The molecule has 0 saturated heterocycles. The fourth-order valence-electron chi connectivity index (χ4n) is 4.10. The van der Waals surface area contributed by atoms with E-state index in [0.29, 0.717) is 6.61 Å². The molecule has 1 atom stereocenters. The van der Waals surface area contributed by atoms with Gasteiger partial charge in [-0.3, -0.25) is 0 Å². The van der Waals surface area contributed by atoms with Gasteiger partial charge in [-0.2, -0.15) is 0 Å². The van der Waals surface area contributed by atoms with Gasteiger partial charge in [0.15, 0.2) is 0 Å².